The lowest BCUT2D eigenvalue weighted by Crippen LogP contribution is -2.41. The van der Waals surface area contributed by atoms with Gasteiger partial charge in [0.05, 0.1) is 5.56 Å². The molecule has 0 fully saturated rings. The van der Waals surface area contributed by atoms with Gasteiger partial charge in [-0.25, -0.2) is 0 Å². The van der Waals surface area contributed by atoms with E-state index >= 15 is 0 Å². The molecule has 0 saturated heterocycles. The smallest absolute Gasteiger partial charge is 0.305 e. The number of nitrogens with one attached hydrogen (secondary N) is 2. The molecular weight excluding hydrogens is 384 g/mol. The lowest BCUT2D eigenvalue weighted by molar-refractivity contribution is 0.0827. The van der Waals surface area contributed by atoms with Crippen LogP contribution in [0.4, 0.5) is 0 Å². The Labute approximate surface area is 171 Å². The summed E-state index contributed by atoms with van der Waals surface area (Å²) in [5.74, 6) is -0.297. The number of para-hydroxylation sites is 1. The molecule has 30 heavy (non-hydrogen) atoms. The SMILES string of the molecule is O=C(NNC(=O)c1cc2ccccc2cc1O)c1ccc(COc2ccccc2)o1. The molecular formula is C23H18N2O5. The first-order valence-electron chi connectivity index (χ1n) is 9.19. The summed E-state index contributed by atoms with van der Waals surface area (Å²) in [6.07, 6.45) is 0. The minimum absolute atomic E-state index is 0.0182. The van der Waals surface area contributed by atoms with Crippen molar-refractivity contribution in [3.05, 3.63) is 95.9 Å². The van der Waals surface area contributed by atoms with Gasteiger partial charge >= 0.3 is 5.91 Å². The number of furan rings is 1. The number of phenols is 1. The van der Waals surface area contributed by atoms with Crippen LogP contribution in [-0.4, -0.2) is 16.9 Å². The molecule has 7 nitrogen and oxygen atoms in total. The maximum Gasteiger partial charge on any atom is 0.305 e. The van der Waals surface area contributed by atoms with Crippen molar-refractivity contribution in [3.63, 3.8) is 0 Å². The molecule has 3 N–H and O–H groups in total. The zero-order valence-electron chi connectivity index (χ0n) is 15.8. The summed E-state index contributed by atoms with van der Waals surface area (Å²) >= 11 is 0. The highest BCUT2D eigenvalue weighted by atomic mass is 16.5. The van der Waals surface area contributed by atoms with Gasteiger partial charge in [0.1, 0.15) is 23.9 Å². The Morgan fingerprint density at radius 3 is 2.27 bits per heavy atom. The highest BCUT2D eigenvalue weighted by Gasteiger charge is 2.16. The van der Waals surface area contributed by atoms with Crippen LogP contribution in [0.25, 0.3) is 10.8 Å². The number of hydrogen-bond donors (Lipinski definition) is 3. The maximum atomic E-state index is 12.4. The Bertz CT molecular complexity index is 1200. The van der Waals surface area contributed by atoms with Gasteiger partial charge in [0, 0.05) is 0 Å². The van der Waals surface area contributed by atoms with Gasteiger partial charge in [-0.15, -0.1) is 0 Å². The van der Waals surface area contributed by atoms with E-state index < -0.39 is 11.8 Å². The second kappa shape index (κ2) is 8.40. The Balaban J connectivity index is 1.36. The van der Waals surface area contributed by atoms with Crippen LogP contribution < -0.4 is 15.6 Å². The molecule has 7 heteroatoms. The normalized spacial score (nSPS) is 10.5. The number of ether oxygens (including phenoxy) is 1. The van der Waals surface area contributed by atoms with Crippen molar-refractivity contribution in [2.24, 2.45) is 0 Å². The molecule has 3 aromatic carbocycles. The Morgan fingerprint density at radius 2 is 1.50 bits per heavy atom. The number of benzene rings is 3. The van der Waals surface area contributed by atoms with Crippen molar-refractivity contribution in [3.8, 4) is 11.5 Å². The number of fused-ring (bicyclic) bond motifs is 1. The molecule has 0 aliphatic rings. The first-order chi connectivity index (χ1) is 14.6. The third kappa shape index (κ3) is 4.25. The Kier molecular flexibility index (Phi) is 5.34. The lowest BCUT2D eigenvalue weighted by Gasteiger charge is -2.09. The predicted octanol–water partition coefficient (Wildman–Crippen LogP) is 3.79. The van der Waals surface area contributed by atoms with E-state index in [1.807, 2.05) is 54.6 Å². The summed E-state index contributed by atoms with van der Waals surface area (Å²) in [7, 11) is 0. The van der Waals surface area contributed by atoms with Gasteiger partial charge in [0.2, 0.25) is 0 Å². The summed E-state index contributed by atoms with van der Waals surface area (Å²) in [5.41, 5.74) is 4.60. The average Bonchev–Trinajstić information content (AvgIpc) is 3.25. The second-order valence-corrected chi connectivity index (χ2v) is 6.49. The summed E-state index contributed by atoms with van der Waals surface area (Å²) in [4.78, 5) is 24.6. The van der Waals surface area contributed by atoms with Gasteiger partial charge in [-0.1, -0.05) is 42.5 Å². The van der Waals surface area contributed by atoms with Crippen molar-refractivity contribution in [2.45, 2.75) is 6.61 Å². The second-order valence-electron chi connectivity index (χ2n) is 6.49. The molecule has 0 atom stereocenters. The van der Waals surface area contributed by atoms with Crippen LogP contribution in [0.3, 0.4) is 0 Å². The van der Waals surface area contributed by atoms with E-state index in [1.165, 1.54) is 12.1 Å². The molecule has 0 unspecified atom stereocenters. The largest absolute Gasteiger partial charge is 0.507 e. The summed E-state index contributed by atoms with van der Waals surface area (Å²) < 4.78 is 11.0. The van der Waals surface area contributed by atoms with E-state index in [0.29, 0.717) is 11.5 Å². The van der Waals surface area contributed by atoms with Gasteiger partial charge < -0.3 is 14.3 Å². The molecule has 0 bridgehead atoms. The standard InChI is InChI=1S/C23H18N2O5/c26-20-13-16-7-5-4-6-15(16)12-19(20)22(27)24-25-23(28)21-11-10-18(30-21)14-29-17-8-2-1-3-9-17/h1-13,26H,14H2,(H,24,27)(H,25,28). The van der Waals surface area contributed by atoms with Crippen LogP contribution in [0, 0.1) is 0 Å². The Morgan fingerprint density at radius 1 is 0.833 bits per heavy atom. The van der Waals surface area contributed by atoms with Crippen LogP contribution in [0.1, 0.15) is 26.7 Å². The molecule has 0 radical (unpaired) electrons. The van der Waals surface area contributed by atoms with E-state index in [0.717, 1.165) is 10.8 Å². The monoisotopic (exact) mass is 402 g/mol. The minimum atomic E-state index is -0.647. The van der Waals surface area contributed by atoms with E-state index in [2.05, 4.69) is 10.9 Å². The number of hydrogen-bond acceptors (Lipinski definition) is 5. The fraction of sp³-hybridized carbons (Fsp3) is 0.0435. The topological polar surface area (TPSA) is 101 Å². The van der Waals surface area contributed by atoms with Crippen molar-refractivity contribution >= 4 is 22.6 Å². The molecule has 0 saturated carbocycles. The van der Waals surface area contributed by atoms with E-state index in [1.54, 1.807) is 12.1 Å². The summed E-state index contributed by atoms with van der Waals surface area (Å²) in [6.45, 7) is 0.161. The molecule has 4 rings (SSSR count). The van der Waals surface area contributed by atoms with Gasteiger partial charge in [0.25, 0.3) is 5.91 Å². The van der Waals surface area contributed by atoms with Crippen molar-refractivity contribution in [2.75, 3.05) is 0 Å². The van der Waals surface area contributed by atoms with Gasteiger partial charge in [-0.05, 0) is 47.2 Å². The van der Waals surface area contributed by atoms with Crippen molar-refractivity contribution in [1.82, 2.24) is 10.9 Å². The fourth-order valence-corrected chi connectivity index (χ4v) is 2.90. The quantitative estimate of drug-likeness (QED) is 0.441. The number of carbonyl (C=O) groups is 2. The van der Waals surface area contributed by atoms with Crippen LogP contribution in [0.2, 0.25) is 0 Å². The number of phenolic OH excluding ortho intramolecular Hbond substituents is 1. The zero-order chi connectivity index (χ0) is 20.9. The third-order valence-electron chi connectivity index (χ3n) is 4.41. The molecule has 4 aromatic rings. The number of rotatable bonds is 5. The first-order valence-corrected chi connectivity index (χ1v) is 9.19. The van der Waals surface area contributed by atoms with Crippen molar-refractivity contribution in [1.29, 1.82) is 0 Å². The van der Waals surface area contributed by atoms with E-state index in [9.17, 15) is 14.7 Å². The first kappa shape index (κ1) is 19.1. The molecule has 1 aromatic heterocycles. The molecule has 0 spiro atoms. The van der Waals surface area contributed by atoms with Crippen LogP contribution in [-0.2, 0) is 6.61 Å². The van der Waals surface area contributed by atoms with E-state index in [4.69, 9.17) is 9.15 Å². The minimum Gasteiger partial charge on any atom is -0.507 e. The van der Waals surface area contributed by atoms with Crippen molar-refractivity contribution < 1.29 is 23.8 Å². The predicted molar refractivity (Wildman–Crippen MR) is 110 cm³/mol. The van der Waals surface area contributed by atoms with Gasteiger partial charge in [0.15, 0.2) is 5.76 Å². The van der Waals surface area contributed by atoms with E-state index in [-0.39, 0.29) is 23.7 Å². The lowest BCUT2D eigenvalue weighted by atomic mass is 10.1. The number of amides is 2. The molecule has 1 heterocycles. The summed E-state index contributed by atoms with van der Waals surface area (Å²) in [6, 6.07) is 22.7. The van der Waals surface area contributed by atoms with Gasteiger partial charge in [-0.2, -0.15) is 0 Å². The highest BCUT2D eigenvalue weighted by molar-refractivity contribution is 6.02. The third-order valence-corrected chi connectivity index (χ3v) is 4.41. The molecule has 0 aliphatic heterocycles. The van der Waals surface area contributed by atoms with Gasteiger partial charge in [-0.3, -0.25) is 20.4 Å². The van der Waals surface area contributed by atoms with Crippen LogP contribution in [0.5, 0.6) is 11.5 Å². The number of carbonyl (C=O) groups excluding carboxylic acids is 2. The fourth-order valence-electron chi connectivity index (χ4n) is 2.90. The number of hydrazine groups is 1. The molecule has 2 amide bonds. The average molecular weight is 402 g/mol. The summed E-state index contributed by atoms with van der Waals surface area (Å²) in [5, 5.41) is 11.7. The van der Waals surface area contributed by atoms with Crippen LogP contribution in [0.15, 0.2) is 83.3 Å². The molecule has 0 aliphatic carbocycles. The van der Waals surface area contributed by atoms with Crippen LogP contribution >= 0.6 is 0 Å². The zero-order valence-corrected chi connectivity index (χ0v) is 15.8. The Hall–Kier alpha value is -4.26. The number of aromatic hydroxyl groups is 1. The molecule has 150 valence electrons. The highest BCUT2D eigenvalue weighted by Crippen LogP contribution is 2.24. The maximum absolute atomic E-state index is 12.4.